The zero-order valence-corrected chi connectivity index (χ0v) is 21.6. The van der Waals surface area contributed by atoms with Crippen LogP contribution in [0.15, 0.2) is 76.8 Å². The second-order valence-electron chi connectivity index (χ2n) is 7.89. The van der Waals surface area contributed by atoms with E-state index in [0.29, 0.717) is 15.8 Å². The van der Waals surface area contributed by atoms with E-state index in [0.717, 1.165) is 45.7 Å². The summed E-state index contributed by atoms with van der Waals surface area (Å²) in [6, 6.07) is 16.8. The smallest absolute Gasteiger partial charge is 0.266 e. The molecule has 3 aromatic rings. The van der Waals surface area contributed by atoms with Crippen LogP contribution in [0.2, 0.25) is 0 Å². The molecular weight excluding hydrogens is 481 g/mol. The average molecular weight is 505 g/mol. The average Bonchev–Trinajstić information content (AvgIpc) is 3.50. The predicted molar refractivity (Wildman–Crippen MR) is 148 cm³/mol. The largest absolute Gasteiger partial charge is 0.326 e. The van der Waals surface area contributed by atoms with E-state index in [1.54, 1.807) is 16.2 Å². The highest BCUT2D eigenvalue weighted by atomic mass is 32.2. The van der Waals surface area contributed by atoms with Gasteiger partial charge < -0.3 is 4.90 Å². The lowest BCUT2D eigenvalue weighted by Gasteiger charge is -2.24. The molecule has 1 amide bonds. The van der Waals surface area contributed by atoms with E-state index in [1.807, 2.05) is 44.2 Å². The fourth-order valence-corrected chi connectivity index (χ4v) is 6.32. The fourth-order valence-electron chi connectivity index (χ4n) is 4.20. The van der Waals surface area contributed by atoms with E-state index in [2.05, 4.69) is 57.4 Å². The van der Waals surface area contributed by atoms with Crippen LogP contribution in [0.4, 0.5) is 17.1 Å². The number of thioether (sulfide) groups is 1. The minimum Gasteiger partial charge on any atom is -0.326 e. The number of fused-ring (bicyclic) bond motifs is 1. The first kappa shape index (κ1) is 22.8. The van der Waals surface area contributed by atoms with Gasteiger partial charge in [0.1, 0.15) is 15.1 Å². The monoisotopic (exact) mass is 504 g/mol. The first-order valence-corrected chi connectivity index (χ1v) is 13.3. The number of amides is 1. The molecule has 172 valence electrons. The standard InChI is InChI=1S/C26H24N4OS3/c1-4-28-21-15-18(24-27-17(3)16-33-24)11-12-20(21)30(19-9-7-6-8-10-19)23(28)14-13-22-25(31)29(5-2)26(32)34-22/h6-16H,4-5H2,1-3H3/b22-13+,23-14-. The van der Waals surface area contributed by atoms with Gasteiger partial charge >= 0.3 is 0 Å². The summed E-state index contributed by atoms with van der Waals surface area (Å²) in [5.41, 5.74) is 5.43. The number of aromatic nitrogens is 1. The Morgan fingerprint density at radius 3 is 2.41 bits per heavy atom. The van der Waals surface area contributed by atoms with Crippen LogP contribution in [0.25, 0.3) is 10.6 Å². The number of carbonyl (C=O) groups is 1. The zero-order chi connectivity index (χ0) is 23.8. The molecule has 0 aliphatic carbocycles. The molecule has 1 saturated heterocycles. The number of likely N-dealkylation sites (N-methyl/N-ethyl adjacent to an activating group) is 1. The number of anilines is 3. The molecule has 0 unspecified atom stereocenters. The molecule has 1 fully saturated rings. The number of rotatable bonds is 5. The van der Waals surface area contributed by atoms with Crippen LogP contribution in [0.5, 0.6) is 0 Å². The SMILES string of the molecule is CCN1C(=O)/C(=C\C=C2\N(CC)c3cc(-c4nc(C)cs4)ccc3N2c2ccccc2)SC1=S. The number of aryl methyl sites for hydroxylation is 1. The molecule has 0 radical (unpaired) electrons. The van der Waals surface area contributed by atoms with Crippen LogP contribution < -0.4 is 9.80 Å². The van der Waals surface area contributed by atoms with Crippen molar-refractivity contribution in [1.29, 1.82) is 0 Å². The minimum atomic E-state index is -0.0272. The Hall–Kier alpha value is -2.94. The third-order valence-electron chi connectivity index (χ3n) is 5.78. The molecule has 0 spiro atoms. The van der Waals surface area contributed by atoms with E-state index in [1.165, 1.54) is 11.8 Å². The maximum Gasteiger partial charge on any atom is 0.266 e. The van der Waals surface area contributed by atoms with Gasteiger partial charge in [-0.3, -0.25) is 14.6 Å². The molecule has 0 N–H and O–H groups in total. The number of allylic oxidation sites excluding steroid dienone is 2. The summed E-state index contributed by atoms with van der Waals surface area (Å²) in [5.74, 6) is 0.971. The summed E-state index contributed by atoms with van der Waals surface area (Å²) in [4.78, 5) is 24.3. The number of carbonyl (C=O) groups excluding carboxylic acids is 1. The van der Waals surface area contributed by atoms with Crippen molar-refractivity contribution < 1.29 is 4.79 Å². The number of nitrogens with zero attached hydrogens (tertiary/aromatic N) is 4. The molecule has 0 saturated carbocycles. The third-order valence-corrected chi connectivity index (χ3v) is 8.19. The molecule has 0 atom stereocenters. The fraction of sp³-hybridized carbons (Fsp3) is 0.192. The quantitative estimate of drug-likeness (QED) is 0.284. The van der Waals surface area contributed by atoms with Crippen molar-refractivity contribution in [2.24, 2.45) is 0 Å². The van der Waals surface area contributed by atoms with Gasteiger partial charge in [0.25, 0.3) is 5.91 Å². The predicted octanol–water partition coefficient (Wildman–Crippen LogP) is 6.70. The van der Waals surface area contributed by atoms with E-state index < -0.39 is 0 Å². The molecular formula is C26H24N4OS3. The highest BCUT2D eigenvalue weighted by molar-refractivity contribution is 8.26. The van der Waals surface area contributed by atoms with Crippen molar-refractivity contribution in [3.8, 4) is 10.6 Å². The van der Waals surface area contributed by atoms with Gasteiger partial charge in [-0.15, -0.1) is 11.3 Å². The van der Waals surface area contributed by atoms with Gasteiger partial charge in [-0.25, -0.2) is 4.98 Å². The van der Waals surface area contributed by atoms with Gasteiger partial charge in [0.15, 0.2) is 0 Å². The number of thiocarbonyl (C=S) groups is 1. The Morgan fingerprint density at radius 2 is 1.76 bits per heavy atom. The number of hydrogen-bond donors (Lipinski definition) is 0. The van der Waals surface area contributed by atoms with Gasteiger partial charge in [0.05, 0.1) is 16.3 Å². The molecule has 3 heterocycles. The minimum absolute atomic E-state index is 0.0272. The molecule has 0 bridgehead atoms. The Labute approximate surface area is 213 Å². The Bertz CT molecular complexity index is 1330. The molecule has 5 nitrogen and oxygen atoms in total. The van der Waals surface area contributed by atoms with Gasteiger partial charge in [-0.2, -0.15) is 0 Å². The van der Waals surface area contributed by atoms with Crippen LogP contribution >= 0.6 is 35.3 Å². The second-order valence-corrected chi connectivity index (χ2v) is 10.4. The summed E-state index contributed by atoms with van der Waals surface area (Å²) < 4.78 is 0.613. The van der Waals surface area contributed by atoms with Crippen molar-refractivity contribution in [2.45, 2.75) is 20.8 Å². The van der Waals surface area contributed by atoms with Crippen molar-refractivity contribution in [3.05, 3.63) is 82.5 Å². The summed E-state index contributed by atoms with van der Waals surface area (Å²) in [6.45, 7) is 7.47. The van der Waals surface area contributed by atoms with Crippen molar-refractivity contribution >= 4 is 62.6 Å². The summed E-state index contributed by atoms with van der Waals surface area (Å²) in [7, 11) is 0. The Kier molecular flexibility index (Phi) is 6.29. The lowest BCUT2D eigenvalue weighted by molar-refractivity contribution is -0.122. The van der Waals surface area contributed by atoms with E-state index >= 15 is 0 Å². The normalized spacial score (nSPS) is 18.0. The molecule has 8 heteroatoms. The molecule has 1 aromatic heterocycles. The number of thiazole rings is 1. The maximum atomic E-state index is 12.8. The van der Waals surface area contributed by atoms with Crippen molar-refractivity contribution in [3.63, 3.8) is 0 Å². The first-order valence-electron chi connectivity index (χ1n) is 11.2. The molecule has 34 heavy (non-hydrogen) atoms. The molecule has 2 aliphatic rings. The zero-order valence-electron chi connectivity index (χ0n) is 19.2. The molecule has 2 aliphatic heterocycles. The van der Waals surface area contributed by atoms with Crippen LogP contribution in [-0.4, -0.2) is 33.2 Å². The summed E-state index contributed by atoms with van der Waals surface area (Å²) in [5, 5.41) is 3.09. The Morgan fingerprint density at radius 1 is 1.00 bits per heavy atom. The number of benzene rings is 2. The summed E-state index contributed by atoms with van der Waals surface area (Å²) >= 11 is 8.41. The second kappa shape index (κ2) is 9.37. The summed E-state index contributed by atoms with van der Waals surface area (Å²) in [6.07, 6.45) is 3.94. The van der Waals surface area contributed by atoms with Crippen LogP contribution in [0, 0.1) is 6.92 Å². The van der Waals surface area contributed by atoms with Crippen LogP contribution in [0.1, 0.15) is 19.5 Å². The van der Waals surface area contributed by atoms with E-state index in [4.69, 9.17) is 12.2 Å². The third kappa shape index (κ3) is 3.96. The lowest BCUT2D eigenvalue weighted by Crippen LogP contribution is -2.27. The van der Waals surface area contributed by atoms with E-state index in [-0.39, 0.29) is 5.91 Å². The van der Waals surface area contributed by atoms with Crippen LogP contribution in [-0.2, 0) is 4.79 Å². The molecule has 5 rings (SSSR count). The van der Waals surface area contributed by atoms with Gasteiger partial charge in [0, 0.05) is 35.4 Å². The Balaban J connectivity index is 1.62. The highest BCUT2D eigenvalue weighted by Gasteiger charge is 2.33. The number of para-hydroxylation sites is 1. The van der Waals surface area contributed by atoms with Crippen LogP contribution in [0.3, 0.4) is 0 Å². The van der Waals surface area contributed by atoms with Gasteiger partial charge in [0.2, 0.25) is 0 Å². The highest BCUT2D eigenvalue weighted by Crippen LogP contribution is 2.47. The first-order chi connectivity index (χ1) is 16.5. The maximum absolute atomic E-state index is 12.8. The van der Waals surface area contributed by atoms with E-state index in [9.17, 15) is 4.79 Å². The number of hydrogen-bond acceptors (Lipinski definition) is 7. The lowest BCUT2D eigenvalue weighted by atomic mass is 10.1. The topological polar surface area (TPSA) is 39.7 Å². The van der Waals surface area contributed by atoms with Gasteiger partial charge in [-0.05, 0) is 63.3 Å². The van der Waals surface area contributed by atoms with Crippen molar-refractivity contribution in [1.82, 2.24) is 9.88 Å². The van der Waals surface area contributed by atoms with Gasteiger partial charge in [-0.1, -0.05) is 42.2 Å². The molecule has 2 aromatic carbocycles. The van der Waals surface area contributed by atoms with Crippen molar-refractivity contribution in [2.75, 3.05) is 22.9 Å².